The van der Waals surface area contributed by atoms with Crippen molar-refractivity contribution in [2.75, 3.05) is 19.0 Å². The van der Waals surface area contributed by atoms with Gasteiger partial charge >= 0.3 is 5.97 Å². The fourth-order valence-electron chi connectivity index (χ4n) is 5.14. The van der Waals surface area contributed by atoms with E-state index in [2.05, 4.69) is 83.1 Å². The molecule has 0 bridgehead atoms. The van der Waals surface area contributed by atoms with Crippen LogP contribution in [0.15, 0.2) is 71.6 Å². The highest BCUT2D eigenvalue weighted by molar-refractivity contribution is 7.98. The predicted octanol–water partition coefficient (Wildman–Crippen LogP) is 7.84. The number of carboxylic acid groups (broad SMARTS) is 1. The van der Waals surface area contributed by atoms with E-state index in [1.165, 1.54) is 27.3 Å². The van der Waals surface area contributed by atoms with Gasteiger partial charge in [-0.2, -0.15) is 0 Å². The first kappa shape index (κ1) is 28.0. The van der Waals surface area contributed by atoms with Crippen LogP contribution in [0.1, 0.15) is 84.8 Å². The second kappa shape index (κ2) is 11.0. The molecule has 200 valence electrons. The Labute approximate surface area is 231 Å². The fraction of sp³-hybridized carbons (Fsp3) is 0.364. The van der Waals surface area contributed by atoms with Gasteiger partial charge in [0.05, 0.1) is 11.7 Å². The van der Waals surface area contributed by atoms with Crippen LogP contribution in [0.2, 0.25) is 0 Å². The molecule has 5 heteroatoms. The second-order valence-electron chi connectivity index (χ2n) is 11.8. The van der Waals surface area contributed by atoms with E-state index in [0.717, 1.165) is 29.7 Å². The molecule has 2 N–H and O–H groups in total. The molecule has 1 atom stereocenters. The van der Waals surface area contributed by atoms with Gasteiger partial charge in [-0.05, 0) is 81.8 Å². The lowest BCUT2D eigenvalue weighted by molar-refractivity contribution is 0.0697. The standard InChI is InChI=1S/C33H39NO3S/c1-32(2)17-18-33(3,4)30-27(32)19-25(28(35)16-11-22-7-12-24(13-8-22)31(36)37)20-29(30)38-21-23-9-14-26(15-10-23)34(5)6/h7-16,19-20,28,35H,17-18,21H2,1-6H3,(H,36,37). The average molecular weight is 530 g/mol. The van der Waals surface area contributed by atoms with Crippen molar-refractivity contribution in [2.24, 2.45) is 0 Å². The van der Waals surface area contributed by atoms with E-state index in [1.807, 2.05) is 17.8 Å². The summed E-state index contributed by atoms with van der Waals surface area (Å²) in [5.41, 5.74) is 7.28. The smallest absolute Gasteiger partial charge is 0.335 e. The molecule has 1 aliphatic rings. The van der Waals surface area contributed by atoms with Gasteiger partial charge in [0.2, 0.25) is 0 Å². The van der Waals surface area contributed by atoms with Crippen LogP contribution >= 0.6 is 11.8 Å². The first-order valence-corrected chi connectivity index (χ1v) is 14.1. The molecule has 4 rings (SSSR count). The molecular formula is C33H39NO3S. The Morgan fingerprint density at radius 3 is 2.21 bits per heavy atom. The Kier molecular flexibility index (Phi) is 8.10. The highest BCUT2D eigenvalue weighted by Gasteiger charge is 2.39. The van der Waals surface area contributed by atoms with Crippen molar-refractivity contribution < 1.29 is 15.0 Å². The number of benzene rings is 3. The summed E-state index contributed by atoms with van der Waals surface area (Å²) in [6.45, 7) is 9.30. The van der Waals surface area contributed by atoms with Gasteiger partial charge in [-0.15, -0.1) is 11.8 Å². The van der Waals surface area contributed by atoms with E-state index in [1.54, 1.807) is 30.3 Å². The van der Waals surface area contributed by atoms with Crippen molar-refractivity contribution in [3.63, 3.8) is 0 Å². The van der Waals surface area contributed by atoms with Gasteiger partial charge in [0.15, 0.2) is 0 Å². The number of carbonyl (C=O) groups is 1. The molecule has 0 saturated carbocycles. The first-order chi connectivity index (χ1) is 17.9. The Hall–Kier alpha value is -3.02. The van der Waals surface area contributed by atoms with Gasteiger partial charge in [0, 0.05) is 30.4 Å². The van der Waals surface area contributed by atoms with Crippen molar-refractivity contribution in [1.29, 1.82) is 0 Å². The highest BCUT2D eigenvalue weighted by Crippen LogP contribution is 2.50. The van der Waals surface area contributed by atoms with E-state index in [0.29, 0.717) is 0 Å². The summed E-state index contributed by atoms with van der Waals surface area (Å²) in [4.78, 5) is 14.5. The summed E-state index contributed by atoms with van der Waals surface area (Å²) < 4.78 is 0. The molecular weight excluding hydrogens is 490 g/mol. The third-order valence-corrected chi connectivity index (χ3v) is 8.83. The number of hydrogen-bond acceptors (Lipinski definition) is 4. The van der Waals surface area contributed by atoms with Gasteiger partial charge in [0.25, 0.3) is 0 Å². The van der Waals surface area contributed by atoms with Crippen LogP contribution in [0.4, 0.5) is 5.69 Å². The molecule has 1 unspecified atom stereocenters. The lowest BCUT2D eigenvalue weighted by Gasteiger charge is -2.43. The quantitative estimate of drug-likeness (QED) is 0.291. The zero-order valence-electron chi connectivity index (χ0n) is 23.3. The molecule has 0 radical (unpaired) electrons. The van der Waals surface area contributed by atoms with Crippen LogP contribution < -0.4 is 4.90 Å². The third kappa shape index (κ3) is 6.16. The average Bonchev–Trinajstić information content (AvgIpc) is 2.88. The molecule has 0 aliphatic heterocycles. The maximum atomic E-state index is 11.2. The minimum absolute atomic E-state index is 0.0274. The molecule has 3 aromatic carbocycles. The van der Waals surface area contributed by atoms with E-state index < -0.39 is 12.1 Å². The topological polar surface area (TPSA) is 60.8 Å². The Morgan fingerprint density at radius 2 is 1.61 bits per heavy atom. The normalized spacial score (nSPS) is 16.7. The maximum Gasteiger partial charge on any atom is 0.335 e. The fourth-order valence-corrected chi connectivity index (χ4v) is 6.40. The zero-order chi connectivity index (χ0) is 27.7. The maximum absolute atomic E-state index is 11.2. The van der Waals surface area contributed by atoms with E-state index >= 15 is 0 Å². The number of thioether (sulfide) groups is 1. The van der Waals surface area contributed by atoms with Crippen molar-refractivity contribution >= 4 is 29.5 Å². The van der Waals surface area contributed by atoms with Crippen LogP contribution in [0.3, 0.4) is 0 Å². The molecule has 0 fully saturated rings. The van der Waals surface area contributed by atoms with E-state index in [9.17, 15) is 9.90 Å². The molecule has 0 saturated heterocycles. The van der Waals surface area contributed by atoms with Crippen LogP contribution in [0, 0.1) is 0 Å². The van der Waals surface area contributed by atoms with Crippen LogP contribution in [-0.2, 0) is 16.6 Å². The molecule has 0 heterocycles. The molecule has 1 aliphatic carbocycles. The largest absolute Gasteiger partial charge is 0.478 e. The number of anilines is 1. The van der Waals surface area contributed by atoms with Crippen molar-refractivity contribution in [3.8, 4) is 0 Å². The van der Waals surface area contributed by atoms with Crippen molar-refractivity contribution in [1.82, 2.24) is 0 Å². The molecule has 0 spiro atoms. The van der Waals surface area contributed by atoms with Gasteiger partial charge in [-0.25, -0.2) is 4.79 Å². The second-order valence-corrected chi connectivity index (χ2v) is 12.8. The number of rotatable bonds is 8. The van der Waals surface area contributed by atoms with Crippen LogP contribution in [0.25, 0.3) is 6.08 Å². The molecule has 38 heavy (non-hydrogen) atoms. The summed E-state index contributed by atoms with van der Waals surface area (Å²) in [7, 11) is 4.10. The molecule has 3 aromatic rings. The molecule has 0 amide bonds. The summed E-state index contributed by atoms with van der Waals surface area (Å²) in [6, 6.07) is 19.8. The van der Waals surface area contributed by atoms with Gasteiger partial charge in [0.1, 0.15) is 0 Å². The number of aliphatic hydroxyl groups is 1. The zero-order valence-corrected chi connectivity index (χ0v) is 24.1. The Balaban J connectivity index is 1.67. The first-order valence-electron chi connectivity index (χ1n) is 13.1. The minimum Gasteiger partial charge on any atom is -0.478 e. The lowest BCUT2D eigenvalue weighted by atomic mass is 9.63. The number of nitrogens with zero attached hydrogens (tertiary/aromatic N) is 1. The summed E-state index contributed by atoms with van der Waals surface area (Å²) in [5, 5.41) is 20.4. The van der Waals surface area contributed by atoms with Crippen LogP contribution in [-0.4, -0.2) is 30.3 Å². The summed E-state index contributed by atoms with van der Waals surface area (Å²) >= 11 is 1.85. The number of fused-ring (bicyclic) bond motifs is 1. The number of aliphatic hydroxyl groups excluding tert-OH is 1. The number of hydrogen-bond donors (Lipinski definition) is 2. The van der Waals surface area contributed by atoms with E-state index in [-0.39, 0.29) is 16.4 Å². The molecule has 4 nitrogen and oxygen atoms in total. The predicted molar refractivity (Wildman–Crippen MR) is 159 cm³/mol. The number of aromatic carboxylic acids is 1. The minimum atomic E-state index is -0.946. The monoisotopic (exact) mass is 529 g/mol. The third-order valence-electron chi connectivity index (χ3n) is 7.72. The molecule has 0 aromatic heterocycles. The summed E-state index contributed by atoms with van der Waals surface area (Å²) in [5.74, 6) is -0.0825. The summed E-state index contributed by atoms with van der Waals surface area (Å²) in [6.07, 6.45) is 5.11. The Morgan fingerprint density at radius 1 is 0.974 bits per heavy atom. The van der Waals surface area contributed by atoms with Gasteiger partial charge in [-0.1, -0.05) is 70.2 Å². The van der Waals surface area contributed by atoms with Gasteiger partial charge < -0.3 is 15.1 Å². The van der Waals surface area contributed by atoms with Crippen LogP contribution in [0.5, 0.6) is 0 Å². The van der Waals surface area contributed by atoms with Crippen molar-refractivity contribution in [2.45, 2.75) is 68.1 Å². The highest BCUT2D eigenvalue weighted by atomic mass is 32.2. The van der Waals surface area contributed by atoms with Gasteiger partial charge in [-0.3, -0.25) is 0 Å². The van der Waals surface area contributed by atoms with E-state index in [4.69, 9.17) is 5.11 Å². The Bertz CT molecular complexity index is 1320. The lowest BCUT2D eigenvalue weighted by Crippen LogP contribution is -2.34. The number of carboxylic acids is 1. The van der Waals surface area contributed by atoms with Crippen molar-refractivity contribution in [3.05, 3.63) is 100 Å². The SMILES string of the molecule is CN(C)c1ccc(CSc2cc(C(O)C=Cc3ccc(C(=O)O)cc3)cc3c2C(C)(C)CCC3(C)C)cc1.